The fraction of sp³-hybridized carbons (Fsp3) is 0.333. The average Bonchev–Trinajstić information content (AvgIpc) is 2.32. The quantitative estimate of drug-likeness (QED) is 0.859. The lowest BCUT2D eigenvalue weighted by Gasteiger charge is -2.36. The van der Waals surface area contributed by atoms with E-state index in [4.69, 9.17) is 11.6 Å². The smallest absolute Gasteiger partial charge is 0.250 e. The van der Waals surface area contributed by atoms with Crippen molar-refractivity contribution in [3.63, 3.8) is 0 Å². The summed E-state index contributed by atoms with van der Waals surface area (Å²) in [6.45, 7) is 3.35. The van der Waals surface area contributed by atoms with E-state index in [1.165, 1.54) is 4.90 Å². The van der Waals surface area contributed by atoms with Crippen molar-refractivity contribution < 1.29 is 9.59 Å². The lowest BCUT2D eigenvalue weighted by molar-refractivity contribution is -0.133. The van der Waals surface area contributed by atoms with Crippen molar-refractivity contribution in [2.75, 3.05) is 4.90 Å². The number of hydrogen-bond acceptors (Lipinski definition) is 2. The first-order chi connectivity index (χ1) is 8.43. The Bertz CT molecular complexity index is 521. The summed E-state index contributed by atoms with van der Waals surface area (Å²) in [5.74, 6) is -0.320. The molecule has 0 aromatic heterocycles. The summed E-state index contributed by atoms with van der Waals surface area (Å²) >= 11 is 9.37. The van der Waals surface area contributed by atoms with Crippen LogP contribution in [0.15, 0.2) is 22.7 Å². The van der Waals surface area contributed by atoms with Gasteiger partial charge in [0.25, 0.3) is 0 Å². The summed E-state index contributed by atoms with van der Waals surface area (Å²) in [5, 5.41) is 3.14. The third-order valence-electron chi connectivity index (χ3n) is 2.92. The lowest BCUT2D eigenvalue weighted by Crippen LogP contribution is -2.61. The molecule has 4 nitrogen and oxygen atoms in total. The molecule has 0 spiro atoms. The van der Waals surface area contributed by atoms with Crippen LogP contribution >= 0.6 is 27.5 Å². The highest BCUT2D eigenvalue weighted by atomic mass is 79.9. The molecule has 1 aromatic carbocycles. The van der Waals surface area contributed by atoms with Gasteiger partial charge >= 0.3 is 0 Å². The topological polar surface area (TPSA) is 49.4 Å². The number of nitrogens with one attached hydrogen (secondary N) is 1. The molecule has 1 saturated heterocycles. The van der Waals surface area contributed by atoms with Gasteiger partial charge in [-0.25, -0.2) is 0 Å². The first kappa shape index (κ1) is 13.4. The molecular formula is C12H12BrClN2O2. The van der Waals surface area contributed by atoms with Gasteiger partial charge in [-0.2, -0.15) is 0 Å². The lowest BCUT2D eigenvalue weighted by atomic mass is 10.1. The van der Waals surface area contributed by atoms with E-state index in [1.807, 2.05) is 0 Å². The minimum absolute atomic E-state index is 0.148. The Balaban J connectivity index is 2.50. The van der Waals surface area contributed by atoms with Crippen LogP contribution in [0.5, 0.6) is 0 Å². The fourth-order valence-electron chi connectivity index (χ4n) is 1.92. The maximum atomic E-state index is 12.2. The van der Waals surface area contributed by atoms with Crippen LogP contribution in [0.4, 0.5) is 5.69 Å². The summed E-state index contributed by atoms with van der Waals surface area (Å²) in [6.07, 6.45) is 0. The Morgan fingerprint density at radius 1 is 1.33 bits per heavy atom. The molecule has 6 heteroatoms. The third-order valence-corrected chi connectivity index (χ3v) is 4.30. The average molecular weight is 332 g/mol. The number of benzene rings is 1. The van der Waals surface area contributed by atoms with E-state index in [0.29, 0.717) is 15.2 Å². The molecule has 0 radical (unpaired) electrons. The van der Waals surface area contributed by atoms with Gasteiger partial charge in [0.15, 0.2) is 0 Å². The molecule has 1 aromatic rings. The molecule has 0 aliphatic carbocycles. The molecule has 2 unspecified atom stereocenters. The van der Waals surface area contributed by atoms with Crippen LogP contribution in [0, 0.1) is 0 Å². The number of anilines is 1. The Hall–Kier alpha value is -1.07. The molecular weight excluding hydrogens is 320 g/mol. The highest BCUT2D eigenvalue weighted by Gasteiger charge is 2.37. The molecule has 1 heterocycles. The van der Waals surface area contributed by atoms with E-state index >= 15 is 0 Å². The zero-order valence-electron chi connectivity index (χ0n) is 9.91. The minimum atomic E-state index is -0.552. The Morgan fingerprint density at radius 3 is 2.67 bits per heavy atom. The highest BCUT2D eigenvalue weighted by molar-refractivity contribution is 9.10. The number of rotatable bonds is 1. The zero-order chi connectivity index (χ0) is 13.4. The maximum Gasteiger partial charge on any atom is 0.250 e. The summed E-state index contributed by atoms with van der Waals surface area (Å²) in [6, 6.07) is 4.15. The normalized spacial score (nSPS) is 24.1. The molecule has 1 aliphatic rings. The maximum absolute atomic E-state index is 12.2. The summed E-state index contributed by atoms with van der Waals surface area (Å²) in [5.41, 5.74) is 0.613. The van der Waals surface area contributed by atoms with Gasteiger partial charge in [-0.15, -0.1) is 0 Å². The number of piperazine rings is 1. The second kappa shape index (κ2) is 4.90. The zero-order valence-corrected chi connectivity index (χ0v) is 12.2. The van der Waals surface area contributed by atoms with E-state index < -0.39 is 12.1 Å². The van der Waals surface area contributed by atoms with E-state index in [0.717, 1.165) is 0 Å². The highest BCUT2D eigenvalue weighted by Crippen LogP contribution is 2.34. The predicted molar refractivity (Wildman–Crippen MR) is 73.7 cm³/mol. The van der Waals surface area contributed by atoms with Crippen LogP contribution in [0.1, 0.15) is 13.8 Å². The SMILES string of the molecule is CC1NC(=O)C(C)N(c2cccc(Cl)c2Br)C1=O. The molecule has 2 amide bonds. The van der Waals surface area contributed by atoms with Gasteiger partial charge in [0, 0.05) is 0 Å². The fourth-order valence-corrected chi connectivity index (χ4v) is 2.54. The van der Waals surface area contributed by atoms with E-state index in [2.05, 4.69) is 21.2 Å². The van der Waals surface area contributed by atoms with Crippen LogP contribution < -0.4 is 10.2 Å². The molecule has 0 bridgehead atoms. The van der Waals surface area contributed by atoms with Crippen molar-refractivity contribution in [1.29, 1.82) is 0 Å². The van der Waals surface area contributed by atoms with Gasteiger partial charge in [0.05, 0.1) is 15.2 Å². The molecule has 2 atom stereocenters. The van der Waals surface area contributed by atoms with Crippen LogP contribution in [0.2, 0.25) is 5.02 Å². The minimum Gasteiger partial charge on any atom is -0.343 e. The summed E-state index contributed by atoms with van der Waals surface area (Å²) in [4.78, 5) is 25.4. The van der Waals surface area contributed by atoms with Gasteiger partial charge in [-0.05, 0) is 41.9 Å². The number of amides is 2. The van der Waals surface area contributed by atoms with Gasteiger partial charge in [0.2, 0.25) is 11.8 Å². The molecule has 1 fully saturated rings. The largest absolute Gasteiger partial charge is 0.343 e. The Morgan fingerprint density at radius 2 is 2.00 bits per heavy atom. The van der Waals surface area contributed by atoms with E-state index in [9.17, 15) is 9.59 Å². The molecule has 18 heavy (non-hydrogen) atoms. The van der Waals surface area contributed by atoms with Gasteiger partial charge in [0.1, 0.15) is 12.1 Å². The summed E-state index contributed by atoms with van der Waals surface area (Å²) in [7, 11) is 0. The second-order valence-corrected chi connectivity index (χ2v) is 5.39. The third kappa shape index (κ3) is 2.12. The van der Waals surface area contributed by atoms with Crippen LogP contribution in [-0.4, -0.2) is 23.9 Å². The van der Waals surface area contributed by atoms with E-state index in [-0.39, 0.29) is 11.8 Å². The van der Waals surface area contributed by atoms with Crippen molar-refractivity contribution in [1.82, 2.24) is 5.32 Å². The predicted octanol–water partition coefficient (Wildman–Crippen LogP) is 2.34. The molecule has 0 saturated carbocycles. The van der Waals surface area contributed by atoms with Crippen LogP contribution in [-0.2, 0) is 9.59 Å². The number of nitrogens with zero attached hydrogens (tertiary/aromatic N) is 1. The van der Waals surface area contributed by atoms with Crippen molar-refractivity contribution in [2.24, 2.45) is 0 Å². The molecule has 1 aliphatic heterocycles. The Kier molecular flexibility index (Phi) is 3.64. The first-order valence-corrected chi connectivity index (χ1v) is 6.68. The van der Waals surface area contributed by atoms with Crippen molar-refractivity contribution in [3.05, 3.63) is 27.7 Å². The van der Waals surface area contributed by atoms with Crippen molar-refractivity contribution in [2.45, 2.75) is 25.9 Å². The van der Waals surface area contributed by atoms with Crippen LogP contribution in [0.3, 0.4) is 0 Å². The number of hydrogen-bond donors (Lipinski definition) is 1. The number of halogens is 2. The van der Waals surface area contributed by atoms with Crippen LogP contribution in [0.25, 0.3) is 0 Å². The summed E-state index contributed by atoms with van der Waals surface area (Å²) < 4.78 is 0.619. The standard InChI is InChI=1S/C12H12BrClN2O2/c1-6-12(18)16(7(2)11(17)15-6)9-5-3-4-8(14)10(9)13/h3-7H,1-2H3,(H,15,17). The molecule has 96 valence electrons. The van der Waals surface area contributed by atoms with E-state index in [1.54, 1.807) is 32.0 Å². The van der Waals surface area contributed by atoms with Crippen molar-refractivity contribution in [3.8, 4) is 0 Å². The van der Waals surface area contributed by atoms with Crippen molar-refractivity contribution >= 4 is 45.0 Å². The molecule has 1 N–H and O–H groups in total. The Labute approximate surface area is 118 Å². The second-order valence-electron chi connectivity index (χ2n) is 4.19. The monoisotopic (exact) mass is 330 g/mol. The first-order valence-electron chi connectivity index (χ1n) is 5.51. The van der Waals surface area contributed by atoms with Gasteiger partial charge in [-0.1, -0.05) is 17.7 Å². The van der Waals surface area contributed by atoms with Gasteiger partial charge in [-0.3, -0.25) is 14.5 Å². The van der Waals surface area contributed by atoms with Gasteiger partial charge < -0.3 is 5.32 Å². The molecule has 2 rings (SSSR count). The number of carbonyl (C=O) groups is 2. The number of carbonyl (C=O) groups excluding carboxylic acids is 2.